The highest BCUT2D eigenvalue weighted by molar-refractivity contribution is 6.21. The summed E-state index contributed by atoms with van der Waals surface area (Å²) in [6.45, 7) is 0. The molecule has 0 unspecified atom stereocenters. The largest absolute Gasteiger partial charge is 0.455 e. The number of hydrogen-bond acceptors (Lipinski definition) is 3. The van der Waals surface area contributed by atoms with Crippen LogP contribution in [0, 0.1) is 0 Å². The second kappa shape index (κ2) is 12.6. The second-order valence-electron chi connectivity index (χ2n) is 14.0. The first-order chi connectivity index (χ1) is 27.3. The van der Waals surface area contributed by atoms with Crippen LogP contribution in [0.4, 0.5) is 17.1 Å². The molecule has 0 amide bonds. The number of nitrogens with zero attached hydrogens (tertiary/aromatic N) is 1. The summed E-state index contributed by atoms with van der Waals surface area (Å²) in [5.74, 6) is 0. The van der Waals surface area contributed by atoms with E-state index in [2.05, 4.69) is 193 Å². The normalized spacial score (nSPS) is 11.6. The summed E-state index contributed by atoms with van der Waals surface area (Å²) in [6, 6.07) is 70.9. The first-order valence-corrected chi connectivity index (χ1v) is 18.7. The van der Waals surface area contributed by atoms with Gasteiger partial charge in [-0.15, -0.1) is 0 Å². The minimum absolute atomic E-state index is 0.864. The molecule has 0 N–H and O–H groups in total. The van der Waals surface area contributed by atoms with Gasteiger partial charge < -0.3 is 13.7 Å². The predicted molar refractivity (Wildman–Crippen MR) is 229 cm³/mol. The van der Waals surface area contributed by atoms with E-state index in [9.17, 15) is 0 Å². The van der Waals surface area contributed by atoms with E-state index < -0.39 is 0 Å². The molecule has 0 atom stereocenters. The van der Waals surface area contributed by atoms with Crippen LogP contribution in [0.2, 0.25) is 0 Å². The van der Waals surface area contributed by atoms with Crippen LogP contribution in [0.5, 0.6) is 0 Å². The minimum atomic E-state index is 0.864. The topological polar surface area (TPSA) is 29.5 Å². The lowest BCUT2D eigenvalue weighted by molar-refractivity contribution is 0.670. The molecule has 3 nitrogen and oxygen atoms in total. The van der Waals surface area contributed by atoms with Gasteiger partial charge in [-0.25, -0.2) is 0 Å². The fourth-order valence-electron chi connectivity index (χ4n) is 8.29. The second-order valence-corrected chi connectivity index (χ2v) is 14.0. The van der Waals surface area contributed by atoms with Crippen molar-refractivity contribution in [2.24, 2.45) is 0 Å². The molecule has 55 heavy (non-hydrogen) atoms. The maximum Gasteiger partial charge on any atom is 0.143 e. The fraction of sp³-hybridized carbons (Fsp3) is 0. The van der Waals surface area contributed by atoms with Gasteiger partial charge in [0.1, 0.15) is 22.3 Å². The Morgan fingerprint density at radius 1 is 0.327 bits per heavy atom. The Kier molecular flexibility index (Phi) is 7.17. The van der Waals surface area contributed by atoms with Crippen LogP contribution in [0.25, 0.3) is 88.0 Å². The van der Waals surface area contributed by atoms with Gasteiger partial charge in [0.25, 0.3) is 0 Å². The van der Waals surface area contributed by atoms with Gasteiger partial charge in [-0.1, -0.05) is 152 Å². The molecule has 2 aromatic heterocycles. The molecule has 3 heteroatoms. The van der Waals surface area contributed by atoms with Crippen molar-refractivity contribution in [3.8, 4) is 33.4 Å². The van der Waals surface area contributed by atoms with Gasteiger partial charge in [-0.05, 0) is 76.2 Å². The Morgan fingerprint density at radius 3 is 1.69 bits per heavy atom. The Morgan fingerprint density at radius 2 is 0.927 bits per heavy atom. The number of fused-ring (bicyclic) bond motifs is 8. The lowest BCUT2D eigenvalue weighted by Crippen LogP contribution is -2.11. The number of hydrogen-bond donors (Lipinski definition) is 0. The quantitative estimate of drug-likeness (QED) is 0.173. The fourth-order valence-corrected chi connectivity index (χ4v) is 8.29. The summed E-state index contributed by atoms with van der Waals surface area (Å²) in [7, 11) is 0. The van der Waals surface area contributed by atoms with Gasteiger partial charge in [0, 0.05) is 49.4 Å². The van der Waals surface area contributed by atoms with Crippen molar-refractivity contribution in [2.45, 2.75) is 0 Å². The van der Waals surface area contributed by atoms with Crippen molar-refractivity contribution >= 4 is 71.7 Å². The maximum absolute atomic E-state index is 6.73. The predicted octanol–water partition coefficient (Wildman–Crippen LogP) is 15.1. The van der Waals surface area contributed by atoms with Crippen LogP contribution in [-0.2, 0) is 0 Å². The van der Waals surface area contributed by atoms with Crippen molar-refractivity contribution in [3.05, 3.63) is 200 Å². The van der Waals surface area contributed by atoms with Gasteiger partial charge >= 0.3 is 0 Å². The van der Waals surface area contributed by atoms with E-state index in [1.54, 1.807) is 0 Å². The third kappa shape index (κ3) is 5.13. The molecule has 0 aliphatic rings. The maximum atomic E-state index is 6.73. The molecule has 0 bridgehead atoms. The van der Waals surface area contributed by atoms with Crippen LogP contribution in [0.1, 0.15) is 0 Å². The Bertz CT molecular complexity index is 3180. The molecule has 9 aromatic carbocycles. The number of rotatable bonds is 6. The van der Waals surface area contributed by atoms with E-state index in [-0.39, 0.29) is 0 Å². The summed E-state index contributed by atoms with van der Waals surface area (Å²) < 4.78 is 13.2. The molecule has 0 saturated carbocycles. The summed E-state index contributed by atoms with van der Waals surface area (Å²) in [5.41, 5.74) is 13.5. The van der Waals surface area contributed by atoms with Crippen LogP contribution < -0.4 is 4.90 Å². The van der Waals surface area contributed by atoms with Gasteiger partial charge in [0.2, 0.25) is 0 Å². The average Bonchev–Trinajstić information content (AvgIpc) is 3.84. The van der Waals surface area contributed by atoms with Gasteiger partial charge in [-0.3, -0.25) is 0 Å². The first-order valence-electron chi connectivity index (χ1n) is 18.7. The van der Waals surface area contributed by atoms with E-state index in [1.165, 1.54) is 11.1 Å². The lowest BCUT2D eigenvalue weighted by Gasteiger charge is -2.28. The van der Waals surface area contributed by atoms with Crippen LogP contribution in [0.15, 0.2) is 209 Å². The van der Waals surface area contributed by atoms with Crippen molar-refractivity contribution in [1.82, 2.24) is 0 Å². The summed E-state index contributed by atoms with van der Waals surface area (Å²) >= 11 is 0. The summed E-state index contributed by atoms with van der Waals surface area (Å²) in [6.07, 6.45) is 0. The highest BCUT2D eigenvalue weighted by Crippen LogP contribution is 2.48. The van der Waals surface area contributed by atoms with E-state index in [0.717, 1.165) is 94.0 Å². The molecule has 0 fully saturated rings. The van der Waals surface area contributed by atoms with Crippen molar-refractivity contribution in [1.29, 1.82) is 0 Å². The number of benzene rings is 9. The van der Waals surface area contributed by atoms with Gasteiger partial charge in [0.05, 0.1) is 5.69 Å². The third-order valence-corrected chi connectivity index (χ3v) is 10.9. The zero-order valence-electron chi connectivity index (χ0n) is 29.8. The third-order valence-electron chi connectivity index (χ3n) is 10.9. The molecule has 2 heterocycles. The standard InChI is InChI=1S/C52H33NO2/c1-3-12-34(13-4-1)35-22-27-39(28-23-35)53(40-29-24-37(25-30-40)42-19-11-20-44-43-18-9-10-21-47(43)54-51(42)44)46-32-33-48-50(49(46)38-15-5-2-6-16-38)45-31-26-36-14-7-8-17-41(36)52(45)55-48/h1-33H. The highest BCUT2D eigenvalue weighted by Gasteiger charge is 2.24. The monoisotopic (exact) mass is 703 g/mol. The number of para-hydroxylation sites is 2. The SMILES string of the molecule is c1ccc(-c2ccc(N(c3ccc(-c4cccc5c4oc4ccccc45)cc3)c3ccc4oc5c6ccccc6ccc5c4c3-c3ccccc3)cc2)cc1. The number of anilines is 3. The van der Waals surface area contributed by atoms with Crippen molar-refractivity contribution in [3.63, 3.8) is 0 Å². The zero-order chi connectivity index (χ0) is 36.3. The first kappa shape index (κ1) is 31.2. The summed E-state index contributed by atoms with van der Waals surface area (Å²) in [5, 5.41) is 6.73. The highest BCUT2D eigenvalue weighted by atomic mass is 16.3. The van der Waals surface area contributed by atoms with Crippen LogP contribution in [-0.4, -0.2) is 0 Å². The molecule has 11 rings (SSSR count). The summed E-state index contributed by atoms with van der Waals surface area (Å²) in [4.78, 5) is 2.38. The molecular weight excluding hydrogens is 671 g/mol. The average molecular weight is 704 g/mol. The van der Waals surface area contributed by atoms with Crippen LogP contribution in [0.3, 0.4) is 0 Å². The van der Waals surface area contributed by atoms with Crippen molar-refractivity contribution in [2.75, 3.05) is 4.90 Å². The molecule has 0 aliphatic heterocycles. The van der Waals surface area contributed by atoms with E-state index >= 15 is 0 Å². The van der Waals surface area contributed by atoms with E-state index in [1.807, 2.05) is 12.1 Å². The van der Waals surface area contributed by atoms with Crippen molar-refractivity contribution < 1.29 is 8.83 Å². The van der Waals surface area contributed by atoms with E-state index in [4.69, 9.17) is 8.83 Å². The molecule has 258 valence electrons. The molecule has 0 radical (unpaired) electrons. The lowest BCUT2D eigenvalue weighted by atomic mass is 9.95. The molecule has 0 saturated heterocycles. The molecular formula is C52H33NO2. The Balaban J connectivity index is 1.14. The van der Waals surface area contributed by atoms with E-state index in [0.29, 0.717) is 0 Å². The smallest absolute Gasteiger partial charge is 0.143 e. The Hall–Kier alpha value is -7.36. The Labute approximate surface area is 317 Å². The minimum Gasteiger partial charge on any atom is -0.455 e. The van der Waals surface area contributed by atoms with Crippen LogP contribution >= 0.6 is 0 Å². The molecule has 0 spiro atoms. The molecule has 0 aliphatic carbocycles. The van der Waals surface area contributed by atoms with Gasteiger partial charge in [0.15, 0.2) is 0 Å². The van der Waals surface area contributed by atoms with Gasteiger partial charge in [-0.2, -0.15) is 0 Å². The zero-order valence-corrected chi connectivity index (χ0v) is 29.8. The number of furan rings is 2. The molecule has 11 aromatic rings.